The summed E-state index contributed by atoms with van der Waals surface area (Å²) in [5.74, 6) is -2.13. The lowest BCUT2D eigenvalue weighted by Crippen LogP contribution is -2.58. The predicted octanol–water partition coefficient (Wildman–Crippen LogP) is 6.30. The Kier molecular flexibility index (Phi) is 4.05. The molecule has 0 saturated heterocycles. The van der Waals surface area contributed by atoms with Crippen molar-refractivity contribution >= 4 is 0 Å². The van der Waals surface area contributed by atoms with Gasteiger partial charge in [0.1, 0.15) is 23.3 Å². The number of rotatable bonds is 0. The second-order valence-electron chi connectivity index (χ2n) is 7.37. The van der Waals surface area contributed by atoms with Crippen LogP contribution in [0.15, 0.2) is 72.8 Å². The van der Waals surface area contributed by atoms with E-state index in [1.54, 1.807) is 0 Å². The molecule has 0 unspecified atom stereocenters. The number of benzene rings is 4. The highest BCUT2D eigenvalue weighted by Gasteiger charge is 2.51. The molecule has 164 valence electrons. The number of fused-ring (bicyclic) bond motifs is 6. The largest absolute Gasteiger partial charge is 0.428 e. The van der Waals surface area contributed by atoms with Crippen LogP contribution in [0.4, 0.5) is 17.6 Å². The highest BCUT2D eigenvalue weighted by Crippen LogP contribution is 2.47. The van der Waals surface area contributed by atoms with Crippen molar-refractivity contribution in [1.82, 2.24) is 0 Å². The van der Waals surface area contributed by atoms with Crippen molar-refractivity contribution in [3.05, 3.63) is 96.1 Å². The van der Waals surface area contributed by atoms with E-state index in [1.807, 2.05) is 0 Å². The van der Waals surface area contributed by atoms with Crippen LogP contribution in [-0.2, 0) is 0 Å². The van der Waals surface area contributed by atoms with Gasteiger partial charge in [-0.05, 0) is 72.8 Å². The molecule has 2 aliphatic rings. The summed E-state index contributed by atoms with van der Waals surface area (Å²) in [6.45, 7) is 0. The fourth-order valence-corrected chi connectivity index (χ4v) is 3.76. The second kappa shape index (κ2) is 6.88. The zero-order valence-electron chi connectivity index (χ0n) is 16.5. The van der Waals surface area contributed by atoms with E-state index in [1.165, 1.54) is 24.3 Å². The third kappa shape index (κ3) is 3.21. The molecule has 0 amide bonds. The van der Waals surface area contributed by atoms with Crippen LogP contribution in [0.1, 0.15) is 0 Å². The minimum atomic E-state index is -1.45. The fraction of sp³-hybridized carbons (Fsp3) is 0. The van der Waals surface area contributed by atoms with E-state index >= 15 is 0 Å². The molecule has 0 aliphatic carbocycles. The first-order valence-corrected chi connectivity index (χ1v) is 9.75. The van der Waals surface area contributed by atoms with E-state index in [4.69, 9.17) is 19.4 Å². The van der Waals surface area contributed by atoms with Crippen molar-refractivity contribution in [2.45, 2.75) is 0 Å². The minimum Gasteiger partial charge on any atom is -0.207 e. The lowest BCUT2D eigenvalue weighted by Gasteiger charge is -2.23. The van der Waals surface area contributed by atoms with Gasteiger partial charge in [0, 0.05) is 22.3 Å². The minimum absolute atomic E-state index is 0.0509. The molecule has 0 atom stereocenters. The molecular formula is C24H12F4NO4+. The average molecular weight is 454 g/mol. The summed E-state index contributed by atoms with van der Waals surface area (Å²) in [4.78, 5) is 23.6. The normalized spacial score (nSPS) is 14.7. The molecule has 0 N–H and O–H groups in total. The zero-order valence-corrected chi connectivity index (χ0v) is 16.5. The first-order valence-electron chi connectivity index (χ1n) is 9.75. The number of hydrogen-bond acceptors (Lipinski definition) is 4. The Morgan fingerprint density at radius 1 is 0.394 bits per heavy atom. The standard InChI is InChI=1S/C24H12F4NO4/c25-13-1-5-21-17(9-13)18-10-14(26)2-6-22(18)31-29(30-21)32-23-7-3-15(27)11-19(23)20-12-16(28)4-8-24(20)33-29/h1-12H/q+1. The van der Waals surface area contributed by atoms with Crippen molar-refractivity contribution in [1.29, 1.82) is 0 Å². The third-order valence-corrected chi connectivity index (χ3v) is 5.19. The maximum Gasteiger partial charge on any atom is 0.428 e. The monoisotopic (exact) mass is 454 g/mol. The van der Waals surface area contributed by atoms with Gasteiger partial charge in [0.05, 0.1) is 0 Å². The Bertz CT molecular complexity index is 1220. The van der Waals surface area contributed by atoms with Gasteiger partial charge in [0.2, 0.25) is 23.0 Å². The Hall–Kier alpha value is -4.24. The lowest BCUT2D eigenvalue weighted by atomic mass is 10.0. The molecule has 6 rings (SSSR count). The summed E-state index contributed by atoms with van der Waals surface area (Å²) >= 11 is 0. The van der Waals surface area contributed by atoms with Gasteiger partial charge in [-0.3, -0.25) is 0 Å². The molecule has 0 saturated carbocycles. The van der Waals surface area contributed by atoms with Gasteiger partial charge in [0.15, 0.2) is 0 Å². The number of quaternary nitrogens is 1. The van der Waals surface area contributed by atoms with E-state index in [9.17, 15) is 17.6 Å². The summed E-state index contributed by atoms with van der Waals surface area (Å²) in [5.41, 5.74) is 0.758. The highest BCUT2D eigenvalue weighted by atomic mass is 19.1. The van der Waals surface area contributed by atoms with Crippen molar-refractivity contribution in [3.8, 4) is 45.3 Å². The molecule has 5 nitrogen and oxygen atoms in total. The molecule has 0 bridgehead atoms. The van der Waals surface area contributed by atoms with E-state index in [0.717, 1.165) is 48.5 Å². The zero-order chi connectivity index (χ0) is 22.7. The highest BCUT2D eigenvalue weighted by molar-refractivity contribution is 5.77. The maximum absolute atomic E-state index is 14.1. The van der Waals surface area contributed by atoms with Crippen molar-refractivity contribution in [2.24, 2.45) is 0 Å². The van der Waals surface area contributed by atoms with Crippen LogP contribution in [-0.4, -0.2) is 5.14 Å². The SMILES string of the molecule is Fc1ccc2c(c1)-c1cc(F)ccc1O[N+]1(O2)Oc2ccc(F)cc2-c2cc(F)ccc2O1. The van der Waals surface area contributed by atoms with Crippen LogP contribution in [0.5, 0.6) is 23.0 Å². The molecule has 1 spiro atoms. The molecule has 0 fully saturated rings. The molecule has 9 heteroatoms. The van der Waals surface area contributed by atoms with Crippen LogP contribution >= 0.6 is 0 Å². The number of hydrogen-bond donors (Lipinski definition) is 0. The Balaban J connectivity index is 1.60. The Labute approximate surface area is 183 Å². The first-order chi connectivity index (χ1) is 15.9. The fourth-order valence-electron chi connectivity index (χ4n) is 3.76. The van der Waals surface area contributed by atoms with Crippen molar-refractivity contribution in [3.63, 3.8) is 0 Å². The van der Waals surface area contributed by atoms with E-state index in [-0.39, 0.29) is 45.3 Å². The summed E-state index contributed by atoms with van der Waals surface area (Å²) < 4.78 is 56.2. The molecular weight excluding hydrogens is 442 g/mol. The van der Waals surface area contributed by atoms with Gasteiger partial charge in [-0.2, -0.15) is 19.4 Å². The van der Waals surface area contributed by atoms with Crippen LogP contribution < -0.4 is 19.4 Å². The van der Waals surface area contributed by atoms with E-state index < -0.39 is 28.4 Å². The van der Waals surface area contributed by atoms with Crippen molar-refractivity contribution in [2.75, 3.05) is 0 Å². The number of halogens is 4. The summed E-state index contributed by atoms with van der Waals surface area (Å²) in [7, 11) is 0. The molecule has 0 radical (unpaired) electrons. The van der Waals surface area contributed by atoms with Gasteiger partial charge in [-0.15, -0.1) is 0 Å². The predicted molar refractivity (Wildman–Crippen MR) is 106 cm³/mol. The van der Waals surface area contributed by atoms with Gasteiger partial charge >= 0.3 is 5.14 Å². The molecule has 2 heterocycles. The lowest BCUT2D eigenvalue weighted by molar-refractivity contribution is -1.41. The van der Waals surface area contributed by atoms with Crippen LogP contribution in [0.25, 0.3) is 22.3 Å². The van der Waals surface area contributed by atoms with Crippen LogP contribution in [0.3, 0.4) is 0 Å². The molecule has 4 aromatic rings. The summed E-state index contributed by atoms with van der Waals surface area (Å²) in [6.07, 6.45) is 0. The molecule has 2 aliphatic heterocycles. The van der Waals surface area contributed by atoms with Crippen LogP contribution in [0, 0.1) is 23.3 Å². The second-order valence-corrected chi connectivity index (χ2v) is 7.37. The smallest absolute Gasteiger partial charge is 0.207 e. The molecule has 4 aromatic carbocycles. The Morgan fingerprint density at radius 3 is 0.879 bits per heavy atom. The topological polar surface area (TPSA) is 36.9 Å². The molecule has 0 aromatic heterocycles. The number of nitrogens with zero attached hydrogens (tertiary/aromatic N) is 1. The van der Waals surface area contributed by atoms with E-state index in [2.05, 4.69) is 0 Å². The van der Waals surface area contributed by atoms with Crippen molar-refractivity contribution < 1.29 is 42.0 Å². The summed E-state index contributed by atoms with van der Waals surface area (Å²) in [5, 5.41) is -1.45. The Morgan fingerprint density at radius 2 is 0.636 bits per heavy atom. The maximum atomic E-state index is 14.1. The first kappa shape index (κ1) is 19.4. The summed E-state index contributed by atoms with van der Waals surface area (Å²) in [6, 6.07) is 14.4. The molecule has 33 heavy (non-hydrogen) atoms. The van der Waals surface area contributed by atoms with E-state index in [0.29, 0.717) is 0 Å². The van der Waals surface area contributed by atoms with Gasteiger partial charge in [-0.25, -0.2) is 17.6 Å². The van der Waals surface area contributed by atoms with Crippen LogP contribution in [0.2, 0.25) is 0 Å². The quantitative estimate of drug-likeness (QED) is 0.231. The van der Waals surface area contributed by atoms with Gasteiger partial charge < -0.3 is 0 Å². The van der Waals surface area contributed by atoms with Gasteiger partial charge in [0.25, 0.3) is 0 Å². The van der Waals surface area contributed by atoms with Gasteiger partial charge in [-0.1, -0.05) is 0 Å². The average Bonchev–Trinajstić information content (AvgIpc) is 2.99. The third-order valence-electron chi connectivity index (χ3n) is 5.19.